The lowest BCUT2D eigenvalue weighted by Gasteiger charge is -2.46. The summed E-state index contributed by atoms with van der Waals surface area (Å²) < 4.78 is 0. The molecule has 1 saturated carbocycles. The van der Waals surface area contributed by atoms with Crippen LogP contribution in [0.15, 0.2) is 0 Å². The van der Waals surface area contributed by atoms with Crippen LogP contribution in [0.2, 0.25) is 0 Å². The molecule has 3 unspecified atom stereocenters. The third-order valence-corrected chi connectivity index (χ3v) is 5.27. The maximum absolute atomic E-state index is 11.6. The molecular formula is C15H27NO2. The molecule has 0 spiro atoms. The Hall–Kier alpha value is -0.570. The molecule has 104 valence electrons. The van der Waals surface area contributed by atoms with Crippen LogP contribution in [0.5, 0.6) is 0 Å². The molecule has 2 rings (SSSR count). The minimum Gasteiger partial charge on any atom is -0.481 e. The van der Waals surface area contributed by atoms with Gasteiger partial charge in [0, 0.05) is 12.6 Å². The van der Waals surface area contributed by atoms with Crippen molar-refractivity contribution in [3.05, 3.63) is 0 Å². The topological polar surface area (TPSA) is 40.5 Å². The normalized spacial score (nSPS) is 38.6. The standard InChI is InChI=1S/C15H27NO2/c1-3-15(14(17)18)9-6-10-16(11-15)13-8-5-4-7-12(13)2/h12-13H,3-11H2,1-2H3,(H,17,18). The van der Waals surface area contributed by atoms with Gasteiger partial charge in [-0.3, -0.25) is 9.69 Å². The first-order valence-electron chi connectivity index (χ1n) is 7.56. The number of nitrogens with zero attached hydrogens (tertiary/aromatic N) is 1. The Morgan fingerprint density at radius 3 is 2.67 bits per heavy atom. The minimum atomic E-state index is -0.585. The van der Waals surface area contributed by atoms with Crippen LogP contribution in [0.4, 0.5) is 0 Å². The molecular weight excluding hydrogens is 226 g/mol. The molecule has 1 aliphatic carbocycles. The molecule has 1 aliphatic heterocycles. The van der Waals surface area contributed by atoms with Gasteiger partial charge in [0.25, 0.3) is 0 Å². The summed E-state index contributed by atoms with van der Waals surface area (Å²) in [4.78, 5) is 14.1. The van der Waals surface area contributed by atoms with Crippen molar-refractivity contribution in [3.63, 3.8) is 0 Å². The molecule has 2 aliphatic rings. The van der Waals surface area contributed by atoms with Crippen molar-refractivity contribution in [2.75, 3.05) is 13.1 Å². The molecule has 1 heterocycles. The fraction of sp³-hybridized carbons (Fsp3) is 0.933. The van der Waals surface area contributed by atoms with E-state index in [4.69, 9.17) is 0 Å². The number of carboxylic acid groups (broad SMARTS) is 1. The van der Waals surface area contributed by atoms with Gasteiger partial charge in [0.05, 0.1) is 5.41 Å². The molecule has 1 N–H and O–H groups in total. The van der Waals surface area contributed by atoms with Crippen molar-refractivity contribution in [1.29, 1.82) is 0 Å². The Balaban J connectivity index is 2.07. The Morgan fingerprint density at radius 1 is 1.33 bits per heavy atom. The van der Waals surface area contributed by atoms with Gasteiger partial charge in [0.1, 0.15) is 0 Å². The Kier molecular flexibility index (Phi) is 4.31. The van der Waals surface area contributed by atoms with E-state index in [2.05, 4.69) is 11.8 Å². The minimum absolute atomic E-state index is 0.477. The molecule has 0 amide bonds. The van der Waals surface area contributed by atoms with Gasteiger partial charge in [-0.15, -0.1) is 0 Å². The third kappa shape index (κ3) is 2.56. The number of aliphatic carboxylic acids is 1. The first-order valence-corrected chi connectivity index (χ1v) is 7.56. The summed E-state index contributed by atoms with van der Waals surface area (Å²) in [7, 11) is 0. The number of hydrogen-bond donors (Lipinski definition) is 1. The molecule has 0 aromatic rings. The van der Waals surface area contributed by atoms with Crippen LogP contribution in [0, 0.1) is 11.3 Å². The summed E-state index contributed by atoms with van der Waals surface area (Å²) >= 11 is 0. The fourth-order valence-electron chi connectivity index (χ4n) is 3.90. The molecule has 3 atom stereocenters. The zero-order chi connectivity index (χ0) is 13.2. The monoisotopic (exact) mass is 253 g/mol. The first-order chi connectivity index (χ1) is 8.59. The van der Waals surface area contributed by atoms with Crippen molar-refractivity contribution in [1.82, 2.24) is 4.90 Å². The highest BCUT2D eigenvalue weighted by Crippen LogP contribution is 2.38. The van der Waals surface area contributed by atoms with Gasteiger partial charge in [0.2, 0.25) is 0 Å². The van der Waals surface area contributed by atoms with Crippen LogP contribution in [0.3, 0.4) is 0 Å². The summed E-state index contributed by atoms with van der Waals surface area (Å²) in [5.41, 5.74) is -0.477. The van der Waals surface area contributed by atoms with Crippen LogP contribution >= 0.6 is 0 Å². The van der Waals surface area contributed by atoms with E-state index in [1.165, 1.54) is 25.7 Å². The maximum Gasteiger partial charge on any atom is 0.310 e. The van der Waals surface area contributed by atoms with Crippen LogP contribution in [0.25, 0.3) is 0 Å². The van der Waals surface area contributed by atoms with Crippen molar-refractivity contribution >= 4 is 5.97 Å². The van der Waals surface area contributed by atoms with E-state index in [-0.39, 0.29) is 0 Å². The number of piperidine rings is 1. The number of carboxylic acids is 1. The quantitative estimate of drug-likeness (QED) is 0.840. The fourth-order valence-corrected chi connectivity index (χ4v) is 3.90. The molecule has 2 fully saturated rings. The van der Waals surface area contributed by atoms with Crippen LogP contribution in [-0.4, -0.2) is 35.1 Å². The zero-order valence-corrected chi connectivity index (χ0v) is 11.8. The van der Waals surface area contributed by atoms with Crippen LogP contribution < -0.4 is 0 Å². The maximum atomic E-state index is 11.6. The van der Waals surface area contributed by atoms with E-state index >= 15 is 0 Å². The number of rotatable bonds is 3. The average Bonchev–Trinajstić information content (AvgIpc) is 2.39. The lowest BCUT2D eigenvalue weighted by molar-refractivity contribution is -0.154. The molecule has 0 aromatic carbocycles. The lowest BCUT2D eigenvalue weighted by atomic mass is 9.75. The van der Waals surface area contributed by atoms with Crippen molar-refractivity contribution in [3.8, 4) is 0 Å². The highest BCUT2D eigenvalue weighted by atomic mass is 16.4. The second-order valence-corrected chi connectivity index (χ2v) is 6.34. The molecule has 3 heteroatoms. The first kappa shape index (κ1) is 13.9. The molecule has 0 radical (unpaired) electrons. The Morgan fingerprint density at radius 2 is 2.06 bits per heavy atom. The Labute approximate surface area is 111 Å². The summed E-state index contributed by atoms with van der Waals surface area (Å²) in [6.07, 6.45) is 7.91. The highest BCUT2D eigenvalue weighted by Gasteiger charge is 2.43. The van der Waals surface area contributed by atoms with E-state index in [9.17, 15) is 9.90 Å². The van der Waals surface area contributed by atoms with Crippen molar-refractivity contribution < 1.29 is 9.90 Å². The van der Waals surface area contributed by atoms with Gasteiger partial charge in [-0.05, 0) is 44.6 Å². The van der Waals surface area contributed by atoms with Gasteiger partial charge in [-0.2, -0.15) is 0 Å². The predicted octanol–water partition coefficient (Wildman–Crippen LogP) is 3.14. The van der Waals surface area contributed by atoms with Gasteiger partial charge < -0.3 is 5.11 Å². The van der Waals surface area contributed by atoms with E-state index < -0.39 is 11.4 Å². The van der Waals surface area contributed by atoms with Gasteiger partial charge in [0.15, 0.2) is 0 Å². The van der Waals surface area contributed by atoms with E-state index in [1.807, 2.05) is 6.92 Å². The summed E-state index contributed by atoms with van der Waals surface area (Å²) in [5, 5.41) is 9.54. The van der Waals surface area contributed by atoms with Gasteiger partial charge in [-0.25, -0.2) is 0 Å². The van der Waals surface area contributed by atoms with Gasteiger partial charge >= 0.3 is 5.97 Å². The summed E-state index contributed by atoms with van der Waals surface area (Å²) in [6.45, 7) is 6.24. The molecule has 3 nitrogen and oxygen atoms in total. The third-order valence-electron chi connectivity index (χ3n) is 5.27. The second kappa shape index (κ2) is 5.60. The summed E-state index contributed by atoms with van der Waals surface area (Å²) in [6, 6.07) is 0.629. The number of hydrogen-bond acceptors (Lipinski definition) is 2. The van der Waals surface area contributed by atoms with Crippen molar-refractivity contribution in [2.24, 2.45) is 11.3 Å². The second-order valence-electron chi connectivity index (χ2n) is 6.34. The van der Waals surface area contributed by atoms with E-state index in [0.717, 1.165) is 38.3 Å². The molecule has 18 heavy (non-hydrogen) atoms. The SMILES string of the molecule is CCC1(C(=O)O)CCCN(C2CCCCC2C)C1. The highest BCUT2D eigenvalue weighted by molar-refractivity contribution is 5.75. The number of carbonyl (C=O) groups is 1. The Bertz CT molecular complexity index is 305. The van der Waals surface area contributed by atoms with Crippen molar-refractivity contribution in [2.45, 2.75) is 64.8 Å². The smallest absolute Gasteiger partial charge is 0.310 e. The average molecular weight is 253 g/mol. The van der Waals surface area contributed by atoms with E-state index in [1.54, 1.807) is 0 Å². The van der Waals surface area contributed by atoms with Crippen LogP contribution in [0.1, 0.15) is 58.8 Å². The molecule has 1 saturated heterocycles. The molecule has 0 bridgehead atoms. The predicted molar refractivity (Wildman–Crippen MR) is 72.6 cm³/mol. The largest absolute Gasteiger partial charge is 0.481 e. The van der Waals surface area contributed by atoms with E-state index in [0.29, 0.717) is 6.04 Å². The summed E-state index contributed by atoms with van der Waals surface area (Å²) in [5.74, 6) is 0.151. The zero-order valence-electron chi connectivity index (χ0n) is 11.8. The molecule has 0 aromatic heterocycles. The number of likely N-dealkylation sites (tertiary alicyclic amines) is 1. The van der Waals surface area contributed by atoms with Gasteiger partial charge in [-0.1, -0.05) is 26.7 Å². The lowest BCUT2D eigenvalue weighted by Crippen LogP contribution is -2.53. The van der Waals surface area contributed by atoms with Crippen LogP contribution in [-0.2, 0) is 4.79 Å².